The van der Waals surface area contributed by atoms with E-state index in [1.165, 1.54) is 40.8 Å². The van der Waals surface area contributed by atoms with Gasteiger partial charge >= 0.3 is 0 Å². The third-order valence-corrected chi connectivity index (χ3v) is 8.68. The highest BCUT2D eigenvalue weighted by Crippen LogP contribution is 2.37. The van der Waals surface area contributed by atoms with Gasteiger partial charge in [0.1, 0.15) is 16.3 Å². The van der Waals surface area contributed by atoms with Crippen LogP contribution in [0.5, 0.6) is 11.5 Å². The molecule has 3 aromatic rings. The number of hydrogen-bond donors (Lipinski definition) is 2. The van der Waals surface area contributed by atoms with Gasteiger partial charge in [-0.1, -0.05) is 31.0 Å². The molecule has 6 nitrogen and oxygen atoms in total. The summed E-state index contributed by atoms with van der Waals surface area (Å²) >= 11 is 2.89. The van der Waals surface area contributed by atoms with Crippen LogP contribution in [0, 0.1) is 0 Å². The minimum atomic E-state index is -0.262. The van der Waals surface area contributed by atoms with Gasteiger partial charge in [-0.05, 0) is 56.2 Å². The van der Waals surface area contributed by atoms with Gasteiger partial charge in [0.05, 0.1) is 16.7 Å². The van der Waals surface area contributed by atoms with Crippen molar-refractivity contribution in [3.63, 3.8) is 0 Å². The van der Waals surface area contributed by atoms with Crippen molar-refractivity contribution in [3.8, 4) is 11.5 Å². The summed E-state index contributed by atoms with van der Waals surface area (Å²) in [5.41, 5.74) is 1.40. The Labute approximate surface area is 194 Å². The molecule has 0 amide bonds. The van der Waals surface area contributed by atoms with Crippen LogP contribution in [0.3, 0.4) is 0 Å². The van der Waals surface area contributed by atoms with E-state index < -0.39 is 0 Å². The van der Waals surface area contributed by atoms with Crippen LogP contribution < -0.4 is 5.56 Å². The van der Waals surface area contributed by atoms with Crippen LogP contribution in [-0.2, 0) is 12.8 Å². The van der Waals surface area contributed by atoms with E-state index in [1.807, 2.05) is 4.57 Å². The predicted molar refractivity (Wildman–Crippen MR) is 127 cm³/mol. The maximum atomic E-state index is 13.8. The minimum Gasteiger partial charge on any atom is -0.508 e. The number of carbonyl (C=O) groups is 1. The monoisotopic (exact) mass is 470 g/mol. The van der Waals surface area contributed by atoms with Crippen LogP contribution >= 0.6 is 23.1 Å². The highest BCUT2D eigenvalue weighted by molar-refractivity contribution is 7.99. The molecule has 2 aliphatic rings. The molecule has 2 heterocycles. The van der Waals surface area contributed by atoms with Crippen LogP contribution in [-0.4, -0.2) is 31.3 Å². The summed E-state index contributed by atoms with van der Waals surface area (Å²) in [6.45, 7) is 0. The topological polar surface area (TPSA) is 92.4 Å². The number of aromatic hydroxyl groups is 2. The predicted octanol–water partition coefficient (Wildman–Crippen LogP) is 5.23. The fraction of sp³-hybridized carbons (Fsp3) is 0.458. The molecule has 0 radical (unpaired) electrons. The molecule has 1 saturated carbocycles. The summed E-state index contributed by atoms with van der Waals surface area (Å²) in [6.07, 6.45) is 9.53. The number of benzene rings is 1. The summed E-state index contributed by atoms with van der Waals surface area (Å²) in [7, 11) is 0. The molecule has 0 unspecified atom stereocenters. The van der Waals surface area contributed by atoms with Crippen molar-refractivity contribution < 1.29 is 15.0 Å². The fourth-order valence-corrected chi connectivity index (χ4v) is 7.18. The van der Waals surface area contributed by atoms with Gasteiger partial charge in [-0.2, -0.15) is 0 Å². The number of thiophene rings is 1. The second-order valence-electron chi connectivity index (χ2n) is 8.67. The third kappa shape index (κ3) is 3.94. The zero-order chi connectivity index (χ0) is 22.2. The van der Waals surface area contributed by atoms with Crippen LogP contribution in [0.2, 0.25) is 0 Å². The Morgan fingerprint density at radius 3 is 2.69 bits per heavy atom. The summed E-state index contributed by atoms with van der Waals surface area (Å²) in [6, 6.07) is 4.09. The molecule has 0 atom stereocenters. The van der Waals surface area contributed by atoms with E-state index in [4.69, 9.17) is 4.98 Å². The Morgan fingerprint density at radius 1 is 1.12 bits per heavy atom. The largest absolute Gasteiger partial charge is 0.508 e. The van der Waals surface area contributed by atoms with Gasteiger partial charge in [0.15, 0.2) is 10.9 Å². The standard InChI is InChI=1S/C24H26N2O4S2/c27-15-10-11-16(18(28)12-15)19(29)13-31-24-25-22-21(17-8-4-5-9-20(17)32-22)23(30)26(24)14-6-2-1-3-7-14/h10-12,14,27-28H,1-9,13H2. The van der Waals surface area contributed by atoms with Crippen molar-refractivity contribution in [1.82, 2.24) is 9.55 Å². The molecule has 1 fully saturated rings. The van der Waals surface area contributed by atoms with E-state index in [2.05, 4.69) is 0 Å². The highest BCUT2D eigenvalue weighted by Gasteiger charge is 2.27. The van der Waals surface area contributed by atoms with Gasteiger partial charge in [0.25, 0.3) is 5.56 Å². The van der Waals surface area contributed by atoms with Crippen LogP contribution in [0.15, 0.2) is 28.2 Å². The lowest BCUT2D eigenvalue weighted by atomic mass is 9.94. The average Bonchev–Trinajstić information content (AvgIpc) is 3.17. The lowest BCUT2D eigenvalue weighted by molar-refractivity contribution is 0.102. The molecule has 0 bridgehead atoms. The lowest BCUT2D eigenvalue weighted by Gasteiger charge is -2.26. The second kappa shape index (κ2) is 8.90. The van der Waals surface area contributed by atoms with Gasteiger partial charge < -0.3 is 10.2 Å². The first kappa shape index (κ1) is 21.5. The molecular formula is C24H26N2O4S2. The lowest BCUT2D eigenvalue weighted by Crippen LogP contribution is -2.29. The van der Waals surface area contributed by atoms with Crippen molar-refractivity contribution >= 4 is 39.1 Å². The van der Waals surface area contributed by atoms with Crippen LogP contribution in [0.25, 0.3) is 10.2 Å². The van der Waals surface area contributed by atoms with Crippen LogP contribution in [0.4, 0.5) is 0 Å². The Bertz CT molecular complexity index is 1240. The number of ketones is 1. The molecule has 2 aliphatic carbocycles. The number of aromatic nitrogens is 2. The molecule has 1 aromatic carbocycles. The SMILES string of the molecule is O=C(CSc1nc2sc3c(c2c(=O)n1C1CCCCC1)CCCC3)c1ccc(O)cc1O. The zero-order valence-electron chi connectivity index (χ0n) is 17.8. The molecule has 2 aromatic heterocycles. The second-order valence-corrected chi connectivity index (χ2v) is 10.7. The smallest absolute Gasteiger partial charge is 0.263 e. The van der Waals surface area contributed by atoms with Crippen LogP contribution in [0.1, 0.15) is 71.8 Å². The minimum absolute atomic E-state index is 0.0451. The fourth-order valence-electron chi connectivity index (χ4n) is 4.93. The van der Waals surface area contributed by atoms with Gasteiger partial charge in [-0.3, -0.25) is 14.2 Å². The van der Waals surface area contributed by atoms with Gasteiger partial charge in [-0.15, -0.1) is 11.3 Å². The maximum Gasteiger partial charge on any atom is 0.263 e. The Kier molecular flexibility index (Phi) is 5.99. The summed E-state index contributed by atoms with van der Waals surface area (Å²) in [4.78, 5) is 33.5. The molecule has 168 valence electrons. The number of Topliss-reactive ketones (excluding diaryl/α,β-unsaturated/α-hetero) is 1. The number of thioether (sulfide) groups is 1. The van der Waals surface area contributed by atoms with Crippen molar-refractivity contribution in [2.24, 2.45) is 0 Å². The maximum absolute atomic E-state index is 13.8. The summed E-state index contributed by atoms with van der Waals surface area (Å²) in [5.74, 6) is -0.530. The highest BCUT2D eigenvalue weighted by atomic mass is 32.2. The number of carbonyl (C=O) groups excluding carboxylic acids is 1. The number of fused-ring (bicyclic) bond motifs is 3. The number of nitrogens with zero attached hydrogens (tertiary/aromatic N) is 2. The van der Waals surface area contributed by atoms with E-state index >= 15 is 0 Å². The van der Waals surface area contributed by atoms with E-state index in [0.717, 1.165) is 67.6 Å². The van der Waals surface area contributed by atoms with Gasteiger partial charge in [-0.25, -0.2) is 4.98 Å². The van der Waals surface area contributed by atoms with E-state index in [9.17, 15) is 19.8 Å². The van der Waals surface area contributed by atoms with Crippen molar-refractivity contribution in [2.75, 3.05) is 5.75 Å². The molecule has 2 N–H and O–H groups in total. The van der Waals surface area contributed by atoms with Crippen molar-refractivity contribution in [1.29, 1.82) is 0 Å². The Balaban J connectivity index is 1.53. The number of rotatable bonds is 5. The number of phenols is 2. The molecule has 32 heavy (non-hydrogen) atoms. The summed E-state index contributed by atoms with van der Waals surface area (Å²) in [5, 5.41) is 20.9. The quantitative estimate of drug-likeness (QED) is 0.301. The van der Waals surface area contributed by atoms with Crippen molar-refractivity contribution in [2.45, 2.75) is 69.0 Å². The first-order valence-corrected chi connectivity index (χ1v) is 13.1. The Hall–Kier alpha value is -2.32. The number of phenolic OH excluding ortho intramolecular Hbond substituents is 2. The van der Waals surface area contributed by atoms with Gasteiger partial charge in [0, 0.05) is 17.0 Å². The Morgan fingerprint density at radius 2 is 1.91 bits per heavy atom. The first-order valence-electron chi connectivity index (χ1n) is 11.3. The molecular weight excluding hydrogens is 444 g/mol. The first-order chi connectivity index (χ1) is 15.5. The number of hydrogen-bond acceptors (Lipinski definition) is 7. The van der Waals surface area contributed by atoms with E-state index in [1.54, 1.807) is 11.3 Å². The van der Waals surface area contributed by atoms with Crippen molar-refractivity contribution in [3.05, 3.63) is 44.6 Å². The summed E-state index contributed by atoms with van der Waals surface area (Å²) < 4.78 is 1.86. The molecule has 0 saturated heterocycles. The molecule has 5 rings (SSSR count). The van der Waals surface area contributed by atoms with Gasteiger partial charge in [0.2, 0.25) is 0 Å². The molecule has 0 aliphatic heterocycles. The third-order valence-electron chi connectivity index (χ3n) is 6.54. The van der Waals surface area contributed by atoms with E-state index in [-0.39, 0.29) is 40.2 Å². The zero-order valence-corrected chi connectivity index (χ0v) is 19.4. The molecule has 8 heteroatoms. The molecule has 0 spiro atoms. The normalized spacial score (nSPS) is 16.9. The average molecular weight is 471 g/mol. The number of aryl methyl sites for hydroxylation is 2. The van der Waals surface area contributed by atoms with E-state index in [0.29, 0.717) is 5.16 Å².